The lowest BCUT2D eigenvalue weighted by Gasteiger charge is -2.12. The summed E-state index contributed by atoms with van der Waals surface area (Å²) in [6.45, 7) is 2.16. The number of hydrogen-bond acceptors (Lipinski definition) is 4. The molecule has 208 valence electrons. The van der Waals surface area contributed by atoms with E-state index in [1.54, 1.807) is 0 Å². The van der Waals surface area contributed by atoms with Crippen LogP contribution in [0.15, 0.2) is 146 Å². The molecular weight excluding hydrogens is 538 g/mol. The first kappa shape index (κ1) is 25.7. The third-order valence-corrected chi connectivity index (χ3v) is 8.02. The van der Waals surface area contributed by atoms with E-state index < -0.39 is 0 Å². The van der Waals surface area contributed by atoms with E-state index in [4.69, 9.17) is 20.1 Å². The van der Waals surface area contributed by atoms with Crippen molar-refractivity contribution in [1.29, 1.82) is 0 Å². The van der Waals surface area contributed by atoms with Crippen molar-refractivity contribution in [2.24, 2.45) is 0 Å². The van der Waals surface area contributed by atoms with Gasteiger partial charge in [-0.3, -0.25) is 0 Å². The van der Waals surface area contributed by atoms with Crippen LogP contribution in [0.3, 0.4) is 0 Å². The number of rotatable bonds is 5. The topological polar surface area (TPSA) is 56.0 Å². The highest BCUT2D eigenvalue weighted by molar-refractivity contribution is 6.03. The van der Waals surface area contributed by atoms with Crippen molar-refractivity contribution < 1.29 is 0 Å². The summed E-state index contributed by atoms with van der Waals surface area (Å²) in [6.07, 6.45) is 0. The Morgan fingerprint density at radius 1 is 0.455 bits per heavy atom. The van der Waals surface area contributed by atoms with Gasteiger partial charge in [-0.2, -0.15) is 5.10 Å². The number of pyridine rings is 1. The number of nitrogens with zero attached hydrogens (tertiary/aromatic N) is 5. The van der Waals surface area contributed by atoms with E-state index >= 15 is 0 Å². The molecule has 5 heteroatoms. The van der Waals surface area contributed by atoms with Crippen molar-refractivity contribution in [2.75, 3.05) is 0 Å². The molecule has 8 aromatic rings. The maximum atomic E-state index is 5.16. The Labute approximate surface area is 255 Å². The first-order valence-electron chi connectivity index (χ1n) is 14.7. The lowest BCUT2D eigenvalue weighted by Crippen LogP contribution is -2.00. The first-order valence-corrected chi connectivity index (χ1v) is 14.7. The summed E-state index contributed by atoms with van der Waals surface area (Å²) >= 11 is 0. The zero-order chi connectivity index (χ0) is 29.5. The monoisotopic (exact) mass is 565 g/mol. The molecule has 0 spiro atoms. The highest BCUT2D eigenvalue weighted by atomic mass is 15.2. The van der Waals surface area contributed by atoms with Gasteiger partial charge in [0.15, 0.2) is 17.5 Å². The molecule has 0 amide bonds. The van der Waals surface area contributed by atoms with Gasteiger partial charge in [-0.1, -0.05) is 133 Å². The Morgan fingerprint density at radius 3 is 1.48 bits per heavy atom. The van der Waals surface area contributed by atoms with Crippen molar-refractivity contribution in [3.8, 4) is 56.7 Å². The Bertz CT molecular complexity index is 2200. The molecule has 5 aromatic carbocycles. The van der Waals surface area contributed by atoms with Crippen molar-refractivity contribution in [3.05, 3.63) is 151 Å². The van der Waals surface area contributed by atoms with E-state index in [0.29, 0.717) is 17.5 Å². The second-order valence-electron chi connectivity index (χ2n) is 10.8. The molecule has 0 saturated heterocycles. The molecular formula is C39H27N5. The Hall–Kier alpha value is -5.94. The number of aromatic nitrogens is 5. The predicted molar refractivity (Wildman–Crippen MR) is 178 cm³/mol. The Kier molecular flexibility index (Phi) is 6.27. The Balaban J connectivity index is 1.37. The molecule has 0 fully saturated rings. The van der Waals surface area contributed by atoms with E-state index in [2.05, 4.69) is 84.2 Å². The molecule has 0 saturated carbocycles. The molecule has 0 aliphatic carbocycles. The second-order valence-corrected chi connectivity index (χ2v) is 10.8. The van der Waals surface area contributed by atoms with Crippen LogP contribution >= 0.6 is 0 Å². The SMILES string of the molecule is Cc1c(-c2ccccc2)nn2c(-c3ccccc3)cc3cc(-c4nc(-c5ccccc5)nc(-c5ccccc5)n4)ccc3c12. The molecule has 5 nitrogen and oxygen atoms in total. The van der Waals surface area contributed by atoms with E-state index in [-0.39, 0.29) is 0 Å². The summed E-state index contributed by atoms with van der Waals surface area (Å²) in [7, 11) is 0. The van der Waals surface area contributed by atoms with Crippen LogP contribution in [0.2, 0.25) is 0 Å². The summed E-state index contributed by atoms with van der Waals surface area (Å²) in [5, 5.41) is 7.39. The fourth-order valence-electron chi connectivity index (χ4n) is 5.85. The summed E-state index contributed by atoms with van der Waals surface area (Å²) in [5.41, 5.74) is 9.28. The lowest BCUT2D eigenvalue weighted by atomic mass is 10.0. The van der Waals surface area contributed by atoms with E-state index in [9.17, 15) is 0 Å². The molecule has 0 N–H and O–H groups in total. The van der Waals surface area contributed by atoms with Gasteiger partial charge in [0.1, 0.15) is 0 Å². The normalized spacial score (nSPS) is 11.3. The summed E-state index contributed by atoms with van der Waals surface area (Å²) in [4.78, 5) is 14.8. The van der Waals surface area contributed by atoms with Gasteiger partial charge in [-0.15, -0.1) is 0 Å². The molecule has 3 heterocycles. The third-order valence-electron chi connectivity index (χ3n) is 8.02. The third kappa shape index (κ3) is 4.52. The van der Waals surface area contributed by atoms with Crippen molar-refractivity contribution in [3.63, 3.8) is 0 Å². The van der Waals surface area contributed by atoms with Gasteiger partial charge < -0.3 is 0 Å². The molecule has 8 rings (SSSR count). The van der Waals surface area contributed by atoms with Gasteiger partial charge in [0.05, 0.1) is 16.9 Å². The van der Waals surface area contributed by atoms with Gasteiger partial charge in [0, 0.05) is 38.8 Å². The van der Waals surface area contributed by atoms with Crippen LogP contribution in [0.1, 0.15) is 5.56 Å². The average molecular weight is 566 g/mol. The number of aryl methyl sites for hydroxylation is 1. The second kappa shape index (κ2) is 10.7. The highest BCUT2D eigenvalue weighted by Gasteiger charge is 2.19. The van der Waals surface area contributed by atoms with E-state index in [1.807, 2.05) is 72.8 Å². The fourth-order valence-corrected chi connectivity index (χ4v) is 5.85. The summed E-state index contributed by atoms with van der Waals surface area (Å²) in [5.74, 6) is 1.93. The van der Waals surface area contributed by atoms with Gasteiger partial charge in [0.25, 0.3) is 0 Å². The smallest absolute Gasteiger partial charge is 0.164 e. The van der Waals surface area contributed by atoms with Crippen LogP contribution in [0.4, 0.5) is 0 Å². The molecule has 0 unspecified atom stereocenters. The number of fused-ring (bicyclic) bond motifs is 3. The highest BCUT2D eigenvalue weighted by Crippen LogP contribution is 2.36. The minimum Gasteiger partial charge on any atom is -0.232 e. The molecule has 0 bridgehead atoms. The molecule has 0 aliphatic rings. The van der Waals surface area contributed by atoms with Crippen molar-refractivity contribution in [2.45, 2.75) is 6.92 Å². The molecule has 0 atom stereocenters. The zero-order valence-electron chi connectivity index (χ0n) is 24.1. The molecule has 0 radical (unpaired) electrons. The van der Waals surface area contributed by atoms with Crippen molar-refractivity contribution in [1.82, 2.24) is 24.6 Å². The fraction of sp³-hybridized carbons (Fsp3) is 0.0256. The largest absolute Gasteiger partial charge is 0.232 e. The van der Waals surface area contributed by atoms with Crippen LogP contribution in [-0.4, -0.2) is 24.6 Å². The molecule has 44 heavy (non-hydrogen) atoms. The van der Waals surface area contributed by atoms with Crippen LogP contribution in [0.25, 0.3) is 73.0 Å². The molecule has 3 aromatic heterocycles. The number of benzene rings is 5. The van der Waals surface area contributed by atoms with Crippen molar-refractivity contribution >= 4 is 16.3 Å². The van der Waals surface area contributed by atoms with Gasteiger partial charge in [-0.05, 0) is 24.4 Å². The summed E-state index contributed by atoms with van der Waals surface area (Å²) in [6, 6.07) is 49.7. The minimum absolute atomic E-state index is 0.635. The van der Waals surface area contributed by atoms with Gasteiger partial charge >= 0.3 is 0 Å². The molecule has 0 aliphatic heterocycles. The van der Waals surface area contributed by atoms with E-state index in [1.165, 1.54) is 0 Å². The average Bonchev–Trinajstić information content (AvgIpc) is 3.46. The van der Waals surface area contributed by atoms with Crippen LogP contribution in [-0.2, 0) is 0 Å². The first-order chi connectivity index (χ1) is 21.7. The van der Waals surface area contributed by atoms with Gasteiger partial charge in [0.2, 0.25) is 0 Å². The number of hydrogen-bond donors (Lipinski definition) is 0. The van der Waals surface area contributed by atoms with Crippen LogP contribution in [0, 0.1) is 6.92 Å². The van der Waals surface area contributed by atoms with E-state index in [0.717, 1.165) is 61.1 Å². The maximum Gasteiger partial charge on any atom is 0.164 e. The van der Waals surface area contributed by atoms with Crippen LogP contribution < -0.4 is 0 Å². The predicted octanol–water partition coefficient (Wildman–Crippen LogP) is 9.32. The Morgan fingerprint density at radius 2 is 0.932 bits per heavy atom. The standard InChI is InChI=1S/C39H27N5/c1-26-35(28-16-8-3-9-17-28)43-44-34(27-14-6-2-7-15-27)25-32-24-31(22-23-33(32)36(26)44)39-41-37(29-18-10-4-11-19-29)40-38(42-39)30-20-12-5-13-21-30/h2-25H,1H3. The van der Waals surface area contributed by atoms with Gasteiger partial charge in [-0.25, -0.2) is 19.5 Å². The van der Waals surface area contributed by atoms with Crippen LogP contribution in [0.5, 0.6) is 0 Å². The quantitative estimate of drug-likeness (QED) is 0.209. The minimum atomic E-state index is 0.635. The lowest BCUT2D eigenvalue weighted by molar-refractivity contribution is 0.979. The zero-order valence-corrected chi connectivity index (χ0v) is 24.1. The summed E-state index contributed by atoms with van der Waals surface area (Å²) < 4.78 is 2.10. The maximum absolute atomic E-state index is 5.16.